The number of benzene rings is 1. The Balaban J connectivity index is 2.36. The first kappa shape index (κ1) is 16.0. The molecule has 19 heavy (non-hydrogen) atoms. The predicted octanol–water partition coefficient (Wildman–Crippen LogP) is 4.83. The number of hydrogen-bond acceptors (Lipinski definition) is 2. The minimum atomic E-state index is 0.139. The first-order chi connectivity index (χ1) is 9.17. The summed E-state index contributed by atoms with van der Waals surface area (Å²) in [5.74, 6) is 0.954. The molecule has 1 unspecified atom stereocenters. The molecule has 1 aromatic carbocycles. The standard InChI is InChI=1S/C17H29NO/c1-4-6-7-8-9-14(3)19-16-12-10-15(11-13-16)17(18)5-2/h10-14,17H,4-9,18H2,1-3H3/t14?,17-/m0/s1. The van der Waals surface area contributed by atoms with Gasteiger partial charge in [0.2, 0.25) is 0 Å². The first-order valence-corrected chi connectivity index (χ1v) is 7.69. The maximum absolute atomic E-state index is 6.00. The molecule has 0 heterocycles. The van der Waals surface area contributed by atoms with Gasteiger partial charge < -0.3 is 10.5 Å². The predicted molar refractivity (Wildman–Crippen MR) is 82.5 cm³/mol. The van der Waals surface area contributed by atoms with Gasteiger partial charge in [-0.25, -0.2) is 0 Å². The molecule has 0 aliphatic carbocycles. The molecule has 0 aliphatic heterocycles. The van der Waals surface area contributed by atoms with Gasteiger partial charge in [-0.1, -0.05) is 45.2 Å². The molecule has 1 rings (SSSR count). The molecule has 2 heteroatoms. The molecular formula is C17H29NO. The van der Waals surface area contributed by atoms with Gasteiger partial charge in [0.15, 0.2) is 0 Å². The summed E-state index contributed by atoms with van der Waals surface area (Å²) in [6.45, 7) is 6.49. The van der Waals surface area contributed by atoms with Crippen LogP contribution >= 0.6 is 0 Å². The van der Waals surface area contributed by atoms with Gasteiger partial charge in [-0.3, -0.25) is 0 Å². The summed E-state index contributed by atoms with van der Waals surface area (Å²) < 4.78 is 5.92. The molecule has 0 amide bonds. The molecule has 2 nitrogen and oxygen atoms in total. The average Bonchev–Trinajstić information content (AvgIpc) is 2.43. The topological polar surface area (TPSA) is 35.2 Å². The Morgan fingerprint density at radius 3 is 2.32 bits per heavy atom. The third kappa shape index (κ3) is 6.11. The Kier molecular flexibility index (Phi) is 7.57. The summed E-state index contributed by atoms with van der Waals surface area (Å²) >= 11 is 0. The molecule has 108 valence electrons. The first-order valence-electron chi connectivity index (χ1n) is 7.69. The summed E-state index contributed by atoms with van der Waals surface area (Å²) in [7, 11) is 0. The van der Waals surface area contributed by atoms with E-state index in [4.69, 9.17) is 10.5 Å². The quantitative estimate of drug-likeness (QED) is 0.647. The zero-order chi connectivity index (χ0) is 14.1. The summed E-state index contributed by atoms with van der Waals surface area (Å²) in [5, 5.41) is 0. The molecular weight excluding hydrogens is 234 g/mol. The van der Waals surface area contributed by atoms with Crippen LogP contribution in [0.1, 0.15) is 70.9 Å². The van der Waals surface area contributed by atoms with E-state index in [-0.39, 0.29) is 6.04 Å². The molecule has 0 radical (unpaired) electrons. The van der Waals surface area contributed by atoms with Crippen molar-refractivity contribution in [3.05, 3.63) is 29.8 Å². The van der Waals surface area contributed by atoms with E-state index in [0.717, 1.165) is 18.6 Å². The second-order valence-corrected chi connectivity index (χ2v) is 5.36. The molecule has 0 bridgehead atoms. The van der Waals surface area contributed by atoms with Crippen molar-refractivity contribution in [2.75, 3.05) is 0 Å². The normalized spacial score (nSPS) is 14.1. The Bertz CT molecular complexity index is 334. The second kappa shape index (κ2) is 8.98. The lowest BCUT2D eigenvalue weighted by atomic mass is 10.1. The van der Waals surface area contributed by atoms with Crippen LogP contribution in [0, 0.1) is 0 Å². The number of hydrogen-bond donors (Lipinski definition) is 1. The van der Waals surface area contributed by atoms with Gasteiger partial charge in [0.25, 0.3) is 0 Å². The molecule has 2 N–H and O–H groups in total. The van der Waals surface area contributed by atoms with Crippen molar-refractivity contribution in [3.8, 4) is 5.75 Å². The number of unbranched alkanes of at least 4 members (excludes halogenated alkanes) is 3. The summed E-state index contributed by atoms with van der Waals surface area (Å²) in [6.07, 6.45) is 7.58. The van der Waals surface area contributed by atoms with Crippen LogP contribution in [-0.4, -0.2) is 6.10 Å². The monoisotopic (exact) mass is 263 g/mol. The van der Waals surface area contributed by atoms with Crippen molar-refractivity contribution < 1.29 is 4.74 Å². The van der Waals surface area contributed by atoms with Crippen LogP contribution in [0.3, 0.4) is 0 Å². The van der Waals surface area contributed by atoms with Crippen molar-refractivity contribution in [2.45, 2.75) is 71.4 Å². The molecule has 0 saturated heterocycles. The van der Waals surface area contributed by atoms with E-state index < -0.39 is 0 Å². The van der Waals surface area contributed by atoms with Gasteiger partial charge in [0.1, 0.15) is 5.75 Å². The van der Waals surface area contributed by atoms with E-state index in [0.29, 0.717) is 6.10 Å². The summed E-state index contributed by atoms with van der Waals surface area (Å²) in [6, 6.07) is 8.36. The summed E-state index contributed by atoms with van der Waals surface area (Å²) in [5.41, 5.74) is 7.18. The van der Waals surface area contributed by atoms with Gasteiger partial charge in [-0.15, -0.1) is 0 Å². The SMILES string of the molecule is CCCCCCC(C)Oc1ccc([C@@H](N)CC)cc1. The molecule has 0 fully saturated rings. The highest BCUT2D eigenvalue weighted by molar-refractivity contribution is 5.29. The highest BCUT2D eigenvalue weighted by Gasteiger charge is 2.06. The Morgan fingerprint density at radius 2 is 1.74 bits per heavy atom. The highest BCUT2D eigenvalue weighted by Crippen LogP contribution is 2.20. The smallest absolute Gasteiger partial charge is 0.119 e. The van der Waals surface area contributed by atoms with Crippen molar-refractivity contribution in [2.24, 2.45) is 5.73 Å². The van der Waals surface area contributed by atoms with Crippen LogP contribution in [0.15, 0.2) is 24.3 Å². The largest absolute Gasteiger partial charge is 0.491 e. The zero-order valence-corrected chi connectivity index (χ0v) is 12.7. The second-order valence-electron chi connectivity index (χ2n) is 5.36. The van der Waals surface area contributed by atoms with Crippen molar-refractivity contribution in [1.82, 2.24) is 0 Å². The molecule has 0 aliphatic rings. The number of nitrogens with two attached hydrogens (primary N) is 1. The van der Waals surface area contributed by atoms with E-state index >= 15 is 0 Å². The number of ether oxygens (including phenoxy) is 1. The van der Waals surface area contributed by atoms with Crippen LogP contribution in [0.5, 0.6) is 5.75 Å². The lowest BCUT2D eigenvalue weighted by molar-refractivity contribution is 0.206. The fourth-order valence-electron chi connectivity index (χ4n) is 2.18. The van der Waals surface area contributed by atoms with Gasteiger partial charge in [-0.2, -0.15) is 0 Å². The van der Waals surface area contributed by atoms with E-state index in [1.54, 1.807) is 0 Å². The van der Waals surface area contributed by atoms with Gasteiger partial charge in [0, 0.05) is 6.04 Å². The number of rotatable bonds is 9. The fraction of sp³-hybridized carbons (Fsp3) is 0.647. The maximum atomic E-state index is 6.00. The molecule has 2 atom stereocenters. The average molecular weight is 263 g/mol. The maximum Gasteiger partial charge on any atom is 0.119 e. The van der Waals surface area contributed by atoms with Crippen LogP contribution in [0.25, 0.3) is 0 Å². The van der Waals surface area contributed by atoms with E-state index in [9.17, 15) is 0 Å². The van der Waals surface area contributed by atoms with Crippen molar-refractivity contribution >= 4 is 0 Å². The lowest BCUT2D eigenvalue weighted by Gasteiger charge is -2.16. The zero-order valence-electron chi connectivity index (χ0n) is 12.7. The third-order valence-electron chi connectivity index (χ3n) is 3.55. The summed E-state index contributed by atoms with van der Waals surface area (Å²) in [4.78, 5) is 0. The molecule has 1 aromatic rings. The van der Waals surface area contributed by atoms with Crippen LogP contribution < -0.4 is 10.5 Å². The van der Waals surface area contributed by atoms with Crippen LogP contribution in [0.4, 0.5) is 0 Å². The van der Waals surface area contributed by atoms with Gasteiger partial charge >= 0.3 is 0 Å². The Hall–Kier alpha value is -1.02. The highest BCUT2D eigenvalue weighted by atomic mass is 16.5. The molecule has 0 saturated carbocycles. The van der Waals surface area contributed by atoms with E-state index in [2.05, 4.69) is 32.9 Å². The molecule has 0 spiro atoms. The molecule has 0 aromatic heterocycles. The minimum Gasteiger partial charge on any atom is -0.491 e. The third-order valence-corrected chi connectivity index (χ3v) is 3.55. The van der Waals surface area contributed by atoms with Crippen LogP contribution in [0.2, 0.25) is 0 Å². The van der Waals surface area contributed by atoms with Crippen LogP contribution in [-0.2, 0) is 0 Å². The Morgan fingerprint density at radius 1 is 1.05 bits per heavy atom. The van der Waals surface area contributed by atoms with Gasteiger partial charge in [-0.05, 0) is 43.9 Å². The fourth-order valence-corrected chi connectivity index (χ4v) is 2.18. The minimum absolute atomic E-state index is 0.139. The van der Waals surface area contributed by atoms with E-state index in [1.165, 1.54) is 31.2 Å². The van der Waals surface area contributed by atoms with Crippen molar-refractivity contribution in [3.63, 3.8) is 0 Å². The van der Waals surface area contributed by atoms with Crippen molar-refractivity contribution in [1.29, 1.82) is 0 Å². The van der Waals surface area contributed by atoms with E-state index in [1.807, 2.05) is 12.1 Å². The Labute approximate surface area is 118 Å². The van der Waals surface area contributed by atoms with Gasteiger partial charge in [0.05, 0.1) is 6.10 Å². The lowest BCUT2D eigenvalue weighted by Crippen LogP contribution is -2.12.